The lowest BCUT2D eigenvalue weighted by atomic mass is 10.1. The van der Waals surface area contributed by atoms with Crippen LogP contribution in [0.15, 0.2) is 0 Å². The van der Waals surface area contributed by atoms with Crippen molar-refractivity contribution in [3.05, 3.63) is 10.6 Å². The molecule has 0 unspecified atom stereocenters. The van der Waals surface area contributed by atoms with Crippen LogP contribution in [0, 0.1) is 0 Å². The monoisotopic (exact) mass is 324 g/mol. The smallest absolute Gasteiger partial charge is 0.267 e. The molecule has 0 bridgehead atoms. The normalized spacial score (nSPS) is 29.1. The van der Waals surface area contributed by atoms with E-state index in [0.717, 1.165) is 43.2 Å². The fraction of sp³-hybridized carbons (Fsp3) is 0.800. The first-order chi connectivity index (χ1) is 10.6. The molecule has 3 atom stereocenters. The van der Waals surface area contributed by atoms with Crippen molar-refractivity contribution in [1.82, 2.24) is 19.4 Å². The van der Waals surface area contributed by atoms with Gasteiger partial charge < -0.3 is 10.0 Å². The average Bonchev–Trinajstić information content (AvgIpc) is 3.25. The third-order valence-corrected chi connectivity index (χ3v) is 5.82. The Bertz CT molecular complexity index is 529. The van der Waals surface area contributed by atoms with Gasteiger partial charge in [-0.05, 0) is 56.7 Å². The third-order valence-electron chi connectivity index (χ3n) is 5.06. The van der Waals surface area contributed by atoms with E-state index >= 15 is 0 Å². The fourth-order valence-electron chi connectivity index (χ4n) is 3.75. The van der Waals surface area contributed by atoms with Crippen LogP contribution in [0.3, 0.4) is 0 Å². The van der Waals surface area contributed by atoms with E-state index in [0.29, 0.717) is 11.3 Å². The molecule has 6 nitrogen and oxygen atoms in total. The summed E-state index contributed by atoms with van der Waals surface area (Å²) in [7, 11) is 1.79. The van der Waals surface area contributed by atoms with Crippen molar-refractivity contribution in [2.24, 2.45) is 0 Å². The van der Waals surface area contributed by atoms with Crippen LogP contribution in [0.2, 0.25) is 0 Å². The first kappa shape index (κ1) is 15.8. The lowest BCUT2D eigenvalue weighted by molar-refractivity contribution is 0.0298. The van der Waals surface area contributed by atoms with Gasteiger partial charge in [0.1, 0.15) is 4.88 Å². The predicted octanol–water partition coefficient (Wildman–Crippen LogP) is 1.16. The van der Waals surface area contributed by atoms with Gasteiger partial charge in [0.2, 0.25) is 0 Å². The number of aliphatic hydroxyl groups is 1. The van der Waals surface area contributed by atoms with E-state index in [2.05, 4.69) is 14.5 Å². The molecule has 7 heteroatoms. The van der Waals surface area contributed by atoms with Crippen LogP contribution in [0.25, 0.3) is 0 Å². The van der Waals surface area contributed by atoms with Crippen LogP contribution in [-0.4, -0.2) is 68.7 Å². The number of hydrogen-bond donors (Lipinski definition) is 1. The molecule has 0 aromatic carbocycles. The third kappa shape index (κ3) is 2.77. The summed E-state index contributed by atoms with van der Waals surface area (Å²) >= 11 is 1.15. The highest BCUT2D eigenvalue weighted by Crippen LogP contribution is 2.31. The second-order valence-electron chi connectivity index (χ2n) is 6.26. The standard InChI is InChI=1S/C15H24N4O2S/c1-3-10-14(22-17-16-10)15(21)18(2)11-6-7-12(13(11)20)19-8-4-5-9-19/h11-13,20H,3-9H2,1-2H3/t11-,12-,13-/m1/s1. The Labute approximate surface area is 135 Å². The first-order valence-electron chi connectivity index (χ1n) is 8.14. The largest absolute Gasteiger partial charge is 0.389 e. The first-order valence-corrected chi connectivity index (χ1v) is 8.91. The van der Waals surface area contributed by atoms with Crippen molar-refractivity contribution in [2.45, 2.75) is 57.2 Å². The van der Waals surface area contributed by atoms with E-state index in [1.165, 1.54) is 12.8 Å². The molecule has 1 aliphatic heterocycles. The number of likely N-dealkylation sites (N-methyl/N-ethyl adjacent to an activating group) is 1. The van der Waals surface area contributed by atoms with Crippen molar-refractivity contribution in [3.8, 4) is 0 Å². The van der Waals surface area contributed by atoms with Crippen molar-refractivity contribution < 1.29 is 9.90 Å². The second kappa shape index (κ2) is 6.60. The molecule has 122 valence electrons. The highest BCUT2D eigenvalue weighted by Gasteiger charge is 2.42. The zero-order chi connectivity index (χ0) is 15.7. The maximum atomic E-state index is 12.7. The van der Waals surface area contributed by atoms with Crippen molar-refractivity contribution in [3.63, 3.8) is 0 Å². The predicted molar refractivity (Wildman–Crippen MR) is 85.0 cm³/mol. The van der Waals surface area contributed by atoms with Crippen LogP contribution in [0.5, 0.6) is 0 Å². The van der Waals surface area contributed by atoms with Gasteiger partial charge in [0.05, 0.1) is 17.8 Å². The van der Waals surface area contributed by atoms with Crippen LogP contribution < -0.4 is 0 Å². The zero-order valence-electron chi connectivity index (χ0n) is 13.2. The Morgan fingerprint density at radius 2 is 2.14 bits per heavy atom. The summed E-state index contributed by atoms with van der Waals surface area (Å²) in [6, 6.07) is 0.0953. The highest BCUT2D eigenvalue weighted by molar-refractivity contribution is 7.08. The maximum Gasteiger partial charge on any atom is 0.267 e. The second-order valence-corrected chi connectivity index (χ2v) is 7.02. The van der Waals surface area contributed by atoms with Crippen LogP contribution in [0.4, 0.5) is 0 Å². The summed E-state index contributed by atoms with van der Waals surface area (Å²) in [6.07, 6.45) is 4.50. The molecule has 1 amide bonds. The van der Waals surface area contributed by atoms with Crippen molar-refractivity contribution >= 4 is 17.4 Å². The molecule has 22 heavy (non-hydrogen) atoms. The Balaban J connectivity index is 1.69. The van der Waals surface area contributed by atoms with E-state index in [9.17, 15) is 9.90 Å². The molecule has 1 aliphatic carbocycles. The quantitative estimate of drug-likeness (QED) is 0.900. The summed E-state index contributed by atoms with van der Waals surface area (Å²) in [5, 5.41) is 14.7. The minimum Gasteiger partial charge on any atom is -0.389 e. The molecule has 0 radical (unpaired) electrons. The Kier molecular flexibility index (Phi) is 4.75. The molecular formula is C15H24N4O2S. The minimum atomic E-state index is -0.460. The number of hydrogen-bond acceptors (Lipinski definition) is 6. The molecule has 0 spiro atoms. The molecule has 3 rings (SSSR count). The number of nitrogens with zero attached hydrogens (tertiary/aromatic N) is 4. The SMILES string of the molecule is CCc1nnsc1C(=O)N(C)[C@@H]1CC[C@@H](N2CCCC2)[C@@H]1O. The van der Waals surface area contributed by atoms with E-state index in [1.54, 1.807) is 11.9 Å². The zero-order valence-corrected chi connectivity index (χ0v) is 14.1. The lowest BCUT2D eigenvalue weighted by Crippen LogP contribution is -2.48. The summed E-state index contributed by atoms with van der Waals surface area (Å²) in [6.45, 7) is 4.12. The van der Waals surface area contributed by atoms with Gasteiger partial charge in [-0.1, -0.05) is 11.4 Å². The number of rotatable bonds is 4. The summed E-state index contributed by atoms with van der Waals surface area (Å²) in [5.74, 6) is -0.0574. The van der Waals surface area contributed by atoms with Gasteiger partial charge in [0, 0.05) is 13.1 Å². The average molecular weight is 324 g/mol. The Morgan fingerprint density at radius 3 is 2.82 bits per heavy atom. The van der Waals surface area contributed by atoms with Gasteiger partial charge in [-0.15, -0.1) is 5.10 Å². The number of carbonyl (C=O) groups is 1. The molecule has 2 aliphatic rings. The summed E-state index contributed by atoms with van der Waals surface area (Å²) in [4.78, 5) is 17.4. The molecule has 1 N–H and O–H groups in total. The lowest BCUT2D eigenvalue weighted by Gasteiger charge is -2.31. The number of aliphatic hydroxyl groups excluding tert-OH is 1. The van der Waals surface area contributed by atoms with Crippen molar-refractivity contribution in [2.75, 3.05) is 20.1 Å². The van der Waals surface area contributed by atoms with Crippen LogP contribution in [0.1, 0.15) is 48.0 Å². The van der Waals surface area contributed by atoms with Gasteiger partial charge in [-0.25, -0.2) is 0 Å². The number of carbonyl (C=O) groups excluding carboxylic acids is 1. The van der Waals surface area contributed by atoms with Gasteiger partial charge in [-0.2, -0.15) is 0 Å². The minimum absolute atomic E-state index is 0.0574. The van der Waals surface area contributed by atoms with Gasteiger partial charge in [0.25, 0.3) is 5.91 Å². The van der Waals surface area contributed by atoms with Gasteiger partial charge >= 0.3 is 0 Å². The van der Waals surface area contributed by atoms with Gasteiger partial charge in [0.15, 0.2) is 0 Å². The maximum absolute atomic E-state index is 12.7. The summed E-state index contributed by atoms with van der Waals surface area (Å²) in [5.41, 5.74) is 0.755. The number of amides is 1. The molecule has 1 saturated carbocycles. The molecular weight excluding hydrogens is 300 g/mol. The topological polar surface area (TPSA) is 69.6 Å². The van der Waals surface area contributed by atoms with Gasteiger partial charge in [-0.3, -0.25) is 9.69 Å². The van der Waals surface area contributed by atoms with Crippen molar-refractivity contribution in [1.29, 1.82) is 0 Å². The van der Waals surface area contributed by atoms with E-state index < -0.39 is 6.10 Å². The van der Waals surface area contributed by atoms with E-state index in [-0.39, 0.29) is 18.0 Å². The molecule has 1 aromatic rings. The number of likely N-dealkylation sites (tertiary alicyclic amines) is 1. The molecule has 1 aromatic heterocycles. The molecule has 1 saturated heterocycles. The fourth-order valence-corrected chi connectivity index (χ4v) is 4.48. The molecule has 2 fully saturated rings. The van der Waals surface area contributed by atoms with Crippen LogP contribution in [-0.2, 0) is 6.42 Å². The van der Waals surface area contributed by atoms with E-state index in [1.807, 2.05) is 6.92 Å². The number of aromatic nitrogens is 2. The van der Waals surface area contributed by atoms with Crippen LogP contribution >= 0.6 is 11.5 Å². The molecule has 2 heterocycles. The Hall–Kier alpha value is -1.05. The summed E-state index contributed by atoms with van der Waals surface area (Å²) < 4.78 is 3.89. The number of aryl methyl sites for hydroxylation is 1. The van der Waals surface area contributed by atoms with E-state index in [4.69, 9.17) is 0 Å². The highest BCUT2D eigenvalue weighted by atomic mass is 32.1. The Morgan fingerprint density at radius 1 is 1.41 bits per heavy atom.